The fourth-order valence-electron chi connectivity index (χ4n) is 7.13. The van der Waals surface area contributed by atoms with E-state index in [0.717, 1.165) is 45.3 Å². The minimum atomic E-state index is -1.40. The third-order valence-electron chi connectivity index (χ3n) is 9.47. The Bertz CT molecular complexity index is 1360. The van der Waals surface area contributed by atoms with Gasteiger partial charge in [-0.3, -0.25) is 14.7 Å². The summed E-state index contributed by atoms with van der Waals surface area (Å²) < 4.78 is 12.0. The molecule has 2 saturated heterocycles. The molecule has 4 aliphatic rings. The van der Waals surface area contributed by atoms with Gasteiger partial charge < -0.3 is 35.2 Å². The van der Waals surface area contributed by atoms with Crippen LogP contribution in [0, 0.1) is 17.8 Å². The highest BCUT2D eigenvalue weighted by Gasteiger charge is 2.56. The number of urea groups is 1. The predicted molar refractivity (Wildman–Crippen MR) is 168 cm³/mol. The molecule has 2 aliphatic carbocycles. The second-order valence-corrected chi connectivity index (χ2v) is 14.5. The number of amides is 5. The maximum absolute atomic E-state index is 12.9. The van der Waals surface area contributed by atoms with Gasteiger partial charge in [0, 0.05) is 64.1 Å². The molecule has 2 unspecified atom stereocenters. The second kappa shape index (κ2) is 13.1. The van der Waals surface area contributed by atoms with E-state index in [1.54, 1.807) is 21.7 Å². The van der Waals surface area contributed by atoms with Crippen LogP contribution in [0.1, 0.15) is 66.3 Å². The molecule has 5 rings (SSSR count). The van der Waals surface area contributed by atoms with Crippen molar-refractivity contribution in [2.24, 2.45) is 23.5 Å². The van der Waals surface area contributed by atoms with Gasteiger partial charge in [-0.15, -0.1) is 0 Å². The Hall–Kier alpha value is -3.88. The summed E-state index contributed by atoms with van der Waals surface area (Å²) in [6.07, 6.45) is 4.19. The number of carbonyl (C=O) groups is 4. The van der Waals surface area contributed by atoms with E-state index in [1.807, 2.05) is 20.8 Å². The average Bonchev–Trinajstić information content (AvgIpc) is 3.38. The van der Waals surface area contributed by atoms with Crippen LogP contribution < -0.4 is 22.1 Å². The molecule has 0 radical (unpaired) electrons. The van der Waals surface area contributed by atoms with Crippen molar-refractivity contribution >= 4 is 29.9 Å². The molecule has 1 aromatic heterocycles. The number of ether oxygens (including phenoxy) is 2. The van der Waals surface area contributed by atoms with E-state index in [1.165, 1.54) is 18.7 Å². The highest BCUT2D eigenvalue weighted by molar-refractivity contribution is 5.89. The lowest BCUT2D eigenvalue weighted by molar-refractivity contribution is -0.149. The molecule has 2 saturated carbocycles. The van der Waals surface area contributed by atoms with Crippen molar-refractivity contribution in [3.8, 4) is 0 Å². The SMILES string of the molecule is CC(C)(C)OC(=O)NC1C2CN(C[C@H]3CC[C@H](n4ccc(NC(=O)N5CCN(C(=O)C(C)(C)OC(N)=O)CC5)nc4=O)CC3)CC21. The lowest BCUT2D eigenvalue weighted by Crippen LogP contribution is -2.56. The summed E-state index contributed by atoms with van der Waals surface area (Å²) in [4.78, 5) is 71.4. The number of piperidine rings is 1. The van der Waals surface area contributed by atoms with Crippen molar-refractivity contribution in [2.45, 2.75) is 83.6 Å². The Labute approximate surface area is 269 Å². The molecule has 0 bridgehead atoms. The molecule has 15 nitrogen and oxygen atoms in total. The Morgan fingerprint density at radius 2 is 1.54 bits per heavy atom. The van der Waals surface area contributed by atoms with Crippen LogP contribution in [0.3, 0.4) is 0 Å². The average molecular weight is 645 g/mol. The number of fused-ring (bicyclic) bond motifs is 1. The van der Waals surface area contributed by atoms with E-state index in [9.17, 15) is 24.0 Å². The smallest absolute Gasteiger partial charge is 0.407 e. The van der Waals surface area contributed by atoms with Crippen LogP contribution in [-0.4, -0.2) is 111 Å². The van der Waals surface area contributed by atoms with E-state index in [2.05, 4.69) is 20.5 Å². The van der Waals surface area contributed by atoms with Crippen molar-refractivity contribution in [2.75, 3.05) is 51.1 Å². The molecule has 5 amide bonds. The number of hydrogen-bond donors (Lipinski definition) is 3. The van der Waals surface area contributed by atoms with E-state index in [0.29, 0.717) is 17.8 Å². The van der Waals surface area contributed by atoms with Crippen molar-refractivity contribution in [1.82, 2.24) is 29.6 Å². The van der Waals surface area contributed by atoms with Gasteiger partial charge in [0.25, 0.3) is 5.91 Å². The molecule has 2 atom stereocenters. The number of alkyl carbamates (subject to hydrolysis) is 1. The zero-order valence-corrected chi connectivity index (χ0v) is 27.5. The predicted octanol–water partition coefficient (Wildman–Crippen LogP) is 1.98. The molecular weight excluding hydrogens is 596 g/mol. The van der Waals surface area contributed by atoms with Gasteiger partial charge in [0.1, 0.15) is 11.4 Å². The Kier molecular flexibility index (Phi) is 9.52. The van der Waals surface area contributed by atoms with Crippen LogP contribution in [0.5, 0.6) is 0 Å². The second-order valence-electron chi connectivity index (χ2n) is 14.5. The zero-order chi connectivity index (χ0) is 33.4. The summed E-state index contributed by atoms with van der Waals surface area (Å²) >= 11 is 0. The lowest BCUT2D eigenvalue weighted by Gasteiger charge is -2.37. The van der Waals surface area contributed by atoms with Gasteiger partial charge in [-0.25, -0.2) is 19.2 Å². The summed E-state index contributed by atoms with van der Waals surface area (Å²) in [5.41, 5.74) is 2.78. The molecule has 3 heterocycles. The van der Waals surface area contributed by atoms with Gasteiger partial charge in [0.2, 0.25) is 0 Å². The number of anilines is 1. The molecule has 15 heteroatoms. The Morgan fingerprint density at radius 1 is 0.935 bits per heavy atom. The van der Waals surface area contributed by atoms with Gasteiger partial charge in [0.15, 0.2) is 5.60 Å². The van der Waals surface area contributed by atoms with E-state index in [4.69, 9.17) is 15.2 Å². The van der Waals surface area contributed by atoms with Crippen LogP contribution in [0.25, 0.3) is 0 Å². The number of rotatable bonds is 7. The quantitative estimate of drug-likeness (QED) is 0.400. The summed E-state index contributed by atoms with van der Waals surface area (Å²) in [6, 6.07) is 1.53. The van der Waals surface area contributed by atoms with Gasteiger partial charge in [-0.05, 0) is 84.1 Å². The molecular formula is C31H48N8O7. The number of carbonyl (C=O) groups excluding carboxylic acids is 4. The van der Waals surface area contributed by atoms with Crippen LogP contribution >= 0.6 is 0 Å². The number of nitrogens with zero attached hydrogens (tertiary/aromatic N) is 5. The number of primary amides is 1. The van der Waals surface area contributed by atoms with Gasteiger partial charge in [-0.1, -0.05) is 0 Å². The number of nitrogens with two attached hydrogens (primary N) is 1. The van der Waals surface area contributed by atoms with Gasteiger partial charge in [-0.2, -0.15) is 4.98 Å². The first-order valence-corrected chi connectivity index (χ1v) is 16.2. The van der Waals surface area contributed by atoms with E-state index >= 15 is 0 Å². The monoisotopic (exact) mass is 644 g/mol. The third-order valence-corrected chi connectivity index (χ3v) is 9.47. The summed E-state index contributed by atoms with van der Waals surface area (Å²) in [5.74, 6) is 1.37. The van der Waals surface area contributed by atoms with Gasteiger partial charge >= 0.3 is 23.9 Å². The molecule has 1 aromatic rings. The minimum Gasteiger partial charge on any atom is -0.444 e. The normalized spacial score (nSPS) is 26.6. The number of hydrogen-bond acceptors (Lipinski definition) is 9. The highest BCUT2D eigenvalue weighted by atomic mass is 16.6. The molecule has 2 aliphatic heterocycles. The molecule has 0 aromatic carbocycles. The van der Waals surface area contributed by atoms with Crippen LogP contribution in [0.4, 0.5) is 20.2 Å². The van der Waals surface area contributed by atoms with Crippen molar-refractivity contribution in [3.63, 3.8) is 0 Å². The van der Waals surface area contributed by atoms with Crippen LogP contribution in [0.2, 0.25) is 0 Å². The number of nitrogens with one attached hydrogen (secondary N) is 2. The number of piperazine rings is 1. The third kappa shape index (κ3) is 8.09. The summed E-state index contributed by atoms with van der Waals surface area (Å²) in [7, 11) is 0. The van der Waals surface area contributed by atoms with Crippen molar-refractivity contribution in [3.05, 3.63) is 22.7 Å². The largest absolute Gasteiger partial charge is 0.444 e. The molecule has 46 heavy (non-hydrogen) atoms. The van der Waals surface area contributed by atoms with Crippen LogP contribution in [0.15, 0.2) is 17.1 Å². The topological polar surface area (TPSA) is 181 Å². The maximum atomic E-state index is 12.9. The molecule has 254 valence electrons. The first-order chi connectivity index (χ1) is 21.6. The zero-order valence-electron chi connectivity index (χ0n) is 27.5. The lowest BCUT2D eigenvalue weighted by atomic mass is 9.85. The maximum Gasteiger partial charge on any atom is 0.407 e. The summed E-state index contributed by atoms with van der Waals surface area (Å²) in [6.45, 7) is 12.7. The highest BCUT2D eigenvalue weighted by Crippen LogP contribution is 2.46. The standard InChI is InChI=1S/C31H48N8O7/c1-30(2,3)46-29(44)35-24-21-17-36(18-22(21)24)16-19-6-8-20(9-7-19)39-11-10-23(34-28(39)43)33-27(42)38-14-12-37(13-15-38)25(40)31(4,5)45-26(32)41/h10-11,19-22,24H,6-9,12-18H2,1-5H3,(H2,32,41)(H,35,44)(H,33,34,42,43)/t19-,20-,21?,22?,24?. The van der Waals surface area contributed by atoms with Crippen molar-refractivity contribution < 1.29 is 28.7 Å². The first-order valence-electron chi connectivity index (χ1n) is 16.2. The molecule has 4 fully saturated rings. The Morgan fingerprint density at radius 3 is 2.11 bits per heavy atom. The molecule has 4 N–H and O–H groups in total. The summed E-state index contributed by atoms with van der Waals surface area (Å²) in [5, 5.41) is 5.73. The van der Waals surface area contributed by atoms with Crippen molar-refractivity contribution in [1.29, 1.82) is 0 Å². The van der Waals surface area contributed by atoms with E-state index in [-0.39, 0.29) is 56.1 Å². The molecule has 0 spiro atoms. The van der Waals surface area contributed by atoms with Gasteiger partial charge in [0.05, 0.1) is 0 Å². The first kappa shape index (κ1) is 33.5. The fraction of sp³-hybridized carbons (Fsp3) is 0.742. The van der Waals surface area contributed by atoms with E-state index < -0.39 is 29.0 Å². The minimum absolute atomic E-state index is 0.0730. The fourth-order valence-corrected chi connectivity index (χ4v) is 7.13. The number of likely N-dealkylation sites (tertiary alicyclic amines) is 1. The number of aromatic nitrogens is 2. The Balaban J connectivity index is 1.02. The van der Waals surface area contributed by atoms with Crippen LogP contribution in [-0.2, 0) is 14.3 Å².